The van der Waals surface area contributed by atoms with Crippen LogP contribution >= 0.6 is 0 Å². The molecule has 4 rings (SSSR count). The molecule has 1 aromatic carbocycles. The number of hydrogen-bond acceptors (Lipinski definition) is 6. The topological polar surface area (TPSA) is 113 Å². The lowest BCUT2D eigenvalue weighted by atomic mass is 10.1. The molecule has 1 saturated heterocycles. The first-order chi connectivity index (χ1) is 15.0. The number of halogens is 2. The number of alkyl halides is 2. The van der Waals surface area contributed by atoms with Gasteiger partial charge >= 0.3 is 0 Å². The van der Waals surface area contributed by atoms with Crippen molar-refractivity contribution < 1.29 is 23.5 Å². The maximum atomic E-state index is 13.3. The van der Waals surface area contributed by atoms with Gasteiger partial charge in [-0.05, 0) is 18.9 Å². The van der Waals surface area contributed by atoms with E-state index >= 15 is 0 Å². The SMILES string of the molecule is O=C(N[C@@H]1CCCN(C(=O)CO)C1)c1cnc(-n2nc(C(F)F)c3ccccc32)nc1. The summed E-state index contributed by atoms with van der Waals surface area (Å²) in [5, 5.41) is 16.1. The third kappa shape index (κ3) is 4.22. The van der Waals surface area contributed by atoms with Crippen molar-refractivity contribution in [3.05, 3.63) is 47.9 Å². The Morgan fingerprint density at radius 2 is 1.97 bits per heavy atom. The van der Waals surface area contributed by atoms with E-state index in [0.29, 0.717) is 36.8 Å². The highest BCUT2D eigenvalue weighted by Crippen LogP contribution is 2.28. The second-order valence-corrected chi connectivity index (χ2v) is 7.20. The summed E-state index contributed by atoms with van der Waals surface area (Å²) >= 11 is 0. The van der Waals surface area contributed by atoms with Crippen LogP contribution < -0.4 is 5.32 Å². The first kappa shape index (κ1) is 20.8. The first-order valence-corrected chi connectivity index (χ1v) is 9.75. The van der Waals surface area contributed by atoms with Gasteiger partial charge in [0.1, 0.15) is 12.3 Å². The fourth-order valence-electron chi connectivity index (χ4n) is 3.64. The Morgan fingerprint density at radius 1 is 1.23 bits per heavy atom. The zero-order valence-electron chi connectivity index (χ0n) is 16.4. The number of piperidine rings is 1. The summed E-state index contributed by atoms with van der Waals surface area (Å²) < 4.78 is 27.8. The smallest absolute Gasteiger partial charge is 0.282 e. The van der Waals surface area contributed by atoms with Crippen molar-refractivity contribution in [2.24, 2.45) is 0 Å². The molecule has 2 aromatic heterocycles. The highest BCUT2D eigenvalue weighted by atomic mass is 19.3. The normalized spacial score (nSPS) is 16.6. The van der Waals surface area contributed by atoms with E-state index in [1.807, 2.05) is 0 Å². The van der Waals surface area contributed by atoms with E-state index in [2.05, 4.69) is 20.4 Å². The van der Waals surface area contributed by atoms with Crippen LogP contribution in [0.2, 0.25) is 0 Å². The van der Waals surface area contributed by atoms with Crippen LogP contribution in [0.5, 0.6) is 0 Å². The predicted octanol–water partition coefficient (Wildman–Crippen LogP) is 1.47. The van der Waals surface area contributed by atoms with Crippen LogP contribution in [0.1, 0.15) is 35.3 Å². The summed E-state index contributed by atoms with van der Waals surface area (Å²) in [4.78, 5) is 34.0. The Kier molecular flexibility index (Phi) is 5.85. The molecule has 1 aliphatic rings. The second kappa shape index (κ2) is 8.72. The number of rotatable bonds is 5. The Morgan fingerprint density at radius 3 is 2.68 bits per heavy atom. The van der Waals surface area contributed by atoms with Crippen LogP contribution in [0.15, 0.2) is 36.7 Å². The minimum absolute atomic E-state index is 0.0667. The molecule has 0 radical (unpaired) electrons. The number of fused-ring (bicyclic) bond motifs is 1. The van der Waals surface area contributed by atoms with Gasteiger partial charge in [-0.1, -0.05) is 18.2 Å². The van der Waals surface area contributed by atoms with E-state index in [1.54, 1.807) is 24.3 Å². The van der Waals surface area contributed by atoms with Crippen molar-refractivity contribution >= 4 is 22.7 Å². The first-order valence-electron chi connectivity index (χ1n) is 9.75. The lowest BCUT2D eigenvalue weighted by Gasteiger charge is -2.32. The van der Waals surface area contributed by atoms with Gasteiger partial charge in [0.15, 0.2) is 0 Å². The quantitative estimate of drug-likeness (QED) is 0.634. The molecule has 3 heterocycles. The molecule has 3 aromatic rings. The van der Waals surface area contributed by atoms with Crippen LogP contribution in [0, 0.1) is 0 Å². The fourth-order valence-corrected chi connectivity index (χ4v) is 3.64. The summed E-state index contributed by atoms with van der Waals surface area (Å²) in [5.74, 6) is -0.716. The molecule has 11 heteroatoms. The van der Waals surface area contributed by atoms with E-state index < -0.39 is 18.9 Å². The standard InChI is InChI=1S/C20H20F2N6O3/c21-18(22)17-14-5-1-2-6-15(14)28(26-17)20-23-8-12(9-24-20)19(31)25-13-4-3-7-27(10-13)16(30)11-29/h1-2,5-6,8-9,13,18,29H,3-4,7,10-11H2,(H,25,31)/t13-/m1/s1. The van der Waals surface area contributed by atoms with Crippen LogP contribution in [0.4, 0.5) is 8.78 Å². The van der Waals surface area contributed by atoms with Gasteiger partial charge in [0.2, 0.25) is 5.91 Å². The summed E-state index contributed by atoms with van der Waals surface area (Å²) in [6.45, 7) is 0.299. The van der Waals surface area contributed by atoms with Crippen LogP contribution in [0.25, 0.3) is 16.9 Å². The average molecular weight is 430 g/mol. The third-order valence-electron chi connectivity index (χ3n) is 5.16. The number of carbonyl (C=O) groups excluding carboxylic acids is 2. The summed E-state index contributed by atoms with van der Waals surface area (Å²) in [7, 11) is 0. The maximum Gasteiger partial charge on any atom is 0.282 e. The van der Waals surface area contributed by atoms with Crippen molar-refractivity contribution in [3.8, 4) is 5.95 Å². The average Bonchev–Trinajstić information content (AvgIpc) is 3.19. The zero-order chi connectivity index (χ0) is 22.0. The predicted molar refractivity (Wildman–Crippen MR) is 106 cm³/mol. The number of nitrogens with zero attached hydrogens (tertiary/aromatic N) is 5. The third-order valence-corrected chi connectivity index (χ3v) is 5.16. The fraction of sp³-hybridized carbons (Fsp3) is 0.350. The molecular formula is C20H20F2N6O3. The molecule has 2 amide bonds. The highest BCUT2D eigenvalue weighted by Gasteiger charge is 2.25. The van der Waals surface area contributed by atoms with Crippen LogP contribution in [-0.2, 0) is 4.79 Å². The van der Waals surface area contributed by atoms with Gasteiger partial charge in [-0.15, -0.1) is 0 Å². The van der Waals surface area contributed by atoms with E-state index in [1.165, 1.54) is 22.0 Å². The number of hydrogen-bond donors (Lipinski definition) is 2. The van der Waals surface area contributed by atoms with Gasteiger partial charge in [0, 0.05) is 36.9 Å². The van der Waals surface area contributed by atoms with Crippen molar-refractivity contribution in [2.45, 2.75) is 25.3 Å². The van der Waals surface area contributed by atoms with Crippen LogP contribution in [0.3, 0.4) is 0 Å². The van der Waals surface area contributed by atoms with Crippen molar-refractivity contribution in [1.82, 2.24) is 30.0 Å². The summed E-state index contributed by atoms with van der Waals surface area (Å²) in [6, 6.07) is 6.29. The number of carbonyl (C=O) groups is 2. The van der Waals surface area contributed by atoms with Gasteiger partial charge < -0.3 is 15.3 Å². The molecular weight excluding hydrogens is 410 g/mol. The highest BCUT2D eigenvalue weighted by molar-refractivity contribution is 5.94. The van der Waals surface area contributed by atoms with E-state index in [9.17, 15) is 18.4 Å². The molecule has 0 bridgehead atoms. The van der Waals surface area contributed by atoms with Gasteiger partial charge in [-0.2, -0.15) is 9.78 Å². The molecule has 9 nitrogen and oxygen atoms in total. The number of aromatic nitrogens is 4. The largest absolute Gasteiger partial charge is 0.387 e. The van der Waals surface area contributed by atoms with E-state index in [-0.39, 0.29) is 29.2 Å². The maximum absolute atomic E-state index is 13.3. The molecule has 0 unspecified atom stereocenters. The molecule has 1 atom stereocenters. The number of likely N-dealkylation sites (tertiary alicyclic amines) is 1. The number of aliphatic hydroxyl groups is 1. The van der Waals surface area contributed by atoms with E-state index in [0.717, 1.165) is 0 Å². The Balaban J connectivity index is 1.51. The van der Waals surface area contributed by atoms with Crippen molar-refractivity contribution in [1.29, 1.82) is 0 Å². The number of amides is 2. The monoisotopic (exact) mass is 430 g/mol. The number of nitrogens with one attached hydrogen (secondary N) is 1. The molecule has 1 fully saturated rings. The molecule has 31 heavy (non-hydrogen) atoms. The summed E-state index contributed by atoms with van der Waals surface area (Å²) in [5.41, 5.74) is 0.269. The molecule has 1 aliphatic heterocycles. The Hall–Kier alpha value is -3.47. The number of para-hydroxylation sites is 1. The summed E-state index contributed by atoms with van der Waals surface area (Å²) in [6.07, 6.45) is 1.27. The van der Waals surface area contributed by atoms with Gasteiger partial charge in [0.25, 0.3) is 18.3 Å². The molecule has 2 N–H and O–H groups in total. The lowest BCUT2D eigenvalue weighted by molar-refractivity contribution is -0.135. The van der Waals surface area contributed by atoms with Gasteiger partial charge in [-0.3, -0.25) is 9.59 Å². The molecule has 0 spiro atoms. The molecule has 0 saturated carbocycles. The van der Waals surface area contributed by atoms with Crippen LogP contribution in [-0.4, -0.2) is 67.3 Å². The van der Waals surface area contributed by atoms with Gasteiger partial charge in [0.05, 0.1) is 11.1 Å². The second-order valence-electron chi connectivity index (χ2n) is 7.20. The number of benzene rings is 1. The molecule has 0 aliphatic carbocycles. The van der Waals surface area contributed by atoms with Crippen molar-refractivity contribution in [2.75, 3.05) is 19.7 Å². The van der Waals surface area contributed by atoms with Gasteiger partial charge in [-0.25, -0.2) is 18.7 Å². The zero-order valence-corrected chi connectivity index (χ0v) is 16.4. The molecule has 162 valence electrons. The van der Waals surface area contributed by atoms with Crippen molar-refractivity contribution in [3.63, 3.8) is 0 Å². The minimum Gasteiger partial charge on any atom is -0.387 e. The minimum atomic E-state index is -2.75. The lowest BCUT2D eigenvalue weighted by Crippen LogP contribution is -2.50. The Labute approximate surface area is 175 Å². The Bertz CT molecular complexity index is 1100. The van der Waals surface area contributed by atoms with E-state index in [4.69, 9.17) is 5.11 Å². The number of aliphatic hydroxyl groups excluding tert-OH is 1.